The molecule has 0 atom stereocenters. The van der Waals surface area contributed by atoms with Crippen LogP contribution in [0.3, 0.4) is 0 Å². The number of carbonyl (C=O) groups excluding carboxylic acids is 2. The minimum Gasteiger partial charge on any atom is -0.378 e. The van der Waals surface area contributed by atoms with Crippen LogP contribution in [0.2, 0.25) is 0 Å². The predicted octanol–water partition coefficient (Wildman–Crippen LogP) is 4.03. The number of anilines is 3. The molecule has 232 valence electrons. The molecular formula is C34H43N7O3. The van der Waals surface area contributed by atoms with Gasteiger partial charge in [0.05, 0.1) is 24.6 Å². The fourth-order valence-electron chi connectivity index (χ4n) is 5.94. The van der Waals surface area contributed by atoms with Gasteiger partial charge in [-0.25, -0.2) is 9.78 Å². The van der Waals surface area contributed by atoms with Crippen LogP contribution in [-0.2, 0) is 16.1 Å². The van der Waals surface area contributed by atoms with Crippen LogP contribution in [0, 0.1) is 5.92 Å². The van der Waals surface area contributed by atoms with Crippen LogP contribution in [0.15, 0.2) is 66.9 Å². The zero-order valence-corrected chi connectivity index (χ0v) is 25.4. The molecule has 2 aromatic carbocycles. The van der Waals surface area contributed by atoms with Gasteiger partial charge in [-0.1, -0.05) is 30.3 Å². The van der Waals surface area contributed by atoms with E-state index in [2.05, 4.69) is 62.6 Å². The minimum absolute atomic E-state index is 0.0322. The molecule has 3 aliphatic rings. The van der Waals surface area contributed by atoms with Gasteiger partial charge in [0.25, 0.3) is 0 Å². The molecule has 0 unspecified atom stereocenters. The molecule has 3 aromatic rings. The maximum Gasteiger partial charge on any atom is 0.320 e. The quantitative estimate of drug-likeness (QED) is 0.364. The van der Waals surface area contributed by atoms with Gasteiger partial charge < -0.3 is 35.4 Å². The first-order chi connectivity index (χ1) is 21.6. The number of aromatic nitrogens is 1. The van der Waals surface area contributed by atoms with Gasteiger partial charge in [-0.05, 0) is 72.8 Å². The molecule has 1 saturated carbocycles. The Bertz CT molecular complexity index is 1420. The molecule has 3 heterocycles. The van der Waals surface area contributed by atoms with Crippen molar-refractivity contribution in [3.05, 3.63) is 72.4 Å². The number of nitrogens with zero attached hydrogens (tertiary/aromatic N) is 5. The number of amides is 3. The van der Waals surface area contributed by atoms with E-state index in [1.165, 1.54) is 0 Å². The van der Waals surface area contributed by atoms with E-state index in [0.29, 0.717) is 45.9 Å². The monoisotopic (exact) mass is 597 g/mol. The van der Waals surface area contributed by atoms with E-state index in [1.807, 2.05) is 34.2 Å². The highest BCUT2D eigenvalue weighted by Crippen LogP contribution is 2.36. The van der Waals surface area contributed by atoms with E-state index in [0.717, 1.165) is 79.3 Å². The Kier molecular flexibility index (Phi) is 9.58. The van der Waals surface area contributed by atoms with Gasteiger partial charge in [-0.3, -0.25) is 4.79 Å². The Balaban J connectivity index is 1.21. The van der Waals surface area contributed by atoms with Crippen LogP contribution < -0.4 is 20.9 Å². The Morgan fingerprint density at radius 3 is 2.41 bits per heavy atom. The van der Waals surface area contributed by atoms with Crippen LogP contribution >= 0.6 is 0 Å². The van der Waals surface area contributed by atoms with Crippen molar-refractivity contribution in [2.75, 3.05) is 80.7 Å². The van der Waals surface area contributed by atoms with Gasteiger partial charge in [-0.2, -0.15) is 0 Å². The molecule has 10 nitrogen and oxygen atoms in total. The SMILES string of the molecule is NCCCN(Cc1cccc(-c2ccc(N3CCN(c4ccccn4)CC3)c(NC(=O)C3CC3)c2)c1)C(=O)N1CCOCC1. The van der Waals surface area contributed by atoms with Crippen molar-refractivity contribution in [2.45, 2.75) is 25.8 Å². The van der Waals surface area contributed by atoms with Crippen molar-refractivity contribution in [1.82, 2.24) is 14.8 Å². The molecule has 0 radical (unpaired) electrons. The largest absolute Gasteiger partial charge is 0.378 e. The number of carbonyl (C=O) groups is 2. The summed E-state index contributed by atoms with van der Waals surface area (Å²) in [6.45, 7) is 7.42. The Morgan fingerprint density at radius 2 is 1.68 bits per heavy atom. The molecule has 0 spiro atoms. The van der Waals surface area contributed by atoms with Crippen molar-refractivity contribution >= 4 is 29.1 Å². The topological polar surface area (TPSA) is 107 Å². The van der Waals surface area contributed by atoms with E-state index < -0.39 is 0 Å². The van der Waals surface area contributed by atoms with E-state index in [1.54, 1.807) is 0 Å². The van der Waals surface area contributed by atoms with Crippen LogP contribution in [0.4, 0.5) is 22.0 Å². The lowest BCUT2D eigenvalue weighted by Crippen LogP contribution is -2.48. The molecule has 0 bridgehead atoms. The summed E-state index contributed by atoms with van der Waals surface area (Å²) in [7, 11) is 0. The number of hydrogen-bond donors (Lipinski definition) is 2. The normalized spacial score (nSPS) is 17.0. The van der Waals surface area contributed by atoms with Crippen molar-refractivity contribution in [1.29, 1.82) is 0 Å². The number of nitrogens with two attached hydrogens (primary N) is 1. The van der Waals surface area contributed by atoms with Crippen molar-refractivity contribution in [3.8, 4) is 11.1 Å². The van der Waals surface area contributed by atoms with Crippen LogP contribution in [-0.4, -0.2) is 92.3 Å². The summed E-state index contributed by atoms with van der Waals surface area (Å²) < 4.78 is 5.45. The first-order valence-electron chi connectivity index (χ1n) is 15.9. The molecule has 3 N–H and O–H groups in total. The first-order valence-corrected chi connectivity index (χ1v) is 15.9. The Labute approximate surface area is 259 Å². The van der Waals surface area contributed by atoms with Gasteiger partial charge in [-0.15, -0.1) is 0 Å². The molecule has 3 amide bonds. The van der Waals surface area contributed by atoms with Crippen LogP contribution in [0.1, 0.15) is 24.8 Å². The molecule has 1 aliphatic carbocycles. The van der Waals surface area contributed by atoms with E-state index in [-0.39, 0.29) is 17.9 Å². The molecule has 6 rings (SSSR count). The van der Waals surface area contributed by atoms with Crippen molar-refractivity contribution in [2.24, 2.45) is 11.7 Å². The molecule has 2 saturated heterocycles. The maximum absolute atomic E-state index is 13.4. The summed E-state index contributed by atoms with van der Waals surface area (Å²) >= 11 is 0. The number of nitrogens with one attached hydrogen (secondary N) is 1. The van der Waals surface area contributed by atoms with Gasteiger partial charge in [0.1, 0.15) is 5.82 Å². The summed E-state index contributed by atoms with van der Waals surface area (Å²) in [6.07, 6.45) is 4.49. The van der Waals surface area contributed by atoms with Crippen molar-refractivity contribution in [3.63, 3.8) is 0 Å². The average Bonchev–Trinajstić information content (AvgIpc) is 3.94. The average molecular weight is 598 g/mol. The third kappa shape index (κ3) is 7.31. The number of benzene rings is 2. The minimum atomic E-state index is 0.0322. The van der Waals surface area contributed by atoms with Crippen LogP contribution in [0.5, 0.6) is 0 Å². The second-order valence-electron chi connectivity index (χ2n) is 11.8. The van der Waals surface area contributed by atoms with Crippen LogP contribution in [0.25, 0.3) is 11.1 Å². The van der Waals surface area contributed by atoms with Crippen molar-refractivity contribution < 1.29 is 14.3 Å². The molecule has 3 fully saturated rings. The summed E-state index contributed by atoms with van der Waals surface area (Å²) in [5.41, 5.74) is 10.8. The smallest absolute Gasteiger partial charge is 0.320 e. The second kappa shape index (κ2) is 14.1. The summed E-state index contributed by atoms with van der Waals surface area (Å²) in [5.74, 6) is 1.21. The number of hydrogen-bond acceptors (Lipinski definition) is 7. The highest BCUT2D eigenvalue weighted by molar-refractivity contribution is 5.98. The number of rotatable bonds is 10. The first kappa shape index (κ1) is 29.9. The molecule has 1 aromatic heterocycles. The summed E-state index contributed by atoms with van der Waals surface area (Å²) in [6, 6.07) is 20.8. The summed E-state index contributed by atoms with van der Waals surface area (Å²) in [4.78, 5) is 39.3. The third-order valence-electron chi connectivity index (χ3n) is 8.61. The second-order valence-corrected chi connectivity index (χ2v) is 11.8. The fraction of sp³-hybridized carbons (Fsp3) is 0.441. The Hall–Kier alpha value is -4.15. The standard InChI is InChI=1S/C34H43N7O3/c35-12-4-14-41(34(43)40-19-21-44-22-20-40)25-26-5-3-6-28(23-26)29-10-11-31(30(24-29)37-33(42)27-8-9-27)38-15-17-39(18-16-38)32-7-1-2-13-36-32/h1-3,5-7,10-11,13,23-24,27H,4,8-9,12,14-22,25,35H2,(H,37,42). The third-order valence-corrected chi connectivity index (χ3v) is 8.61. The summed E-state index contributed by atoms with van der Waals surface area (Å²) in [5, 5.41) is 3.26. The number of morpholine rings is 1. The molecule has 44 heavy (non-hydrogen) atoms. The lowest BCUT2D eigenvalue weighted by molar-refractivity contribution is -0.117. The molecular weight excluding hydrogens is 554 g/mol. The lowest BCUT2D eigenvalue weighted by Gasteiger charge is -2.37. The highest BCUT2D eigenvalue weighted by atomic mass is 16.5. The number of pyridine rings is 1. The number of ether oxygens (including phenoxy) is 1. The van der Waals surface area contributed by atoms with Gasteiger partial charge in [0, 0.05) is 64.5 Å². The van der Waals surface area contributed by atoms with E-state index in [4.69, 9.17) is 10.5 Å². The number of piperazine rings is 1. The van der Waals surface area contributed by atoms with Gasteiger partial charge >= 0.3 is 6.03 Å². The highest BCUT2D eigenvalue weighted by Gasteiger charge is 2.31. The van der Waals surface area contributed by atoms with Gasteiger partial charge in [0.15, 0.2) is 0 Å². The zero-order chi connectivity index (χ0) is 30.3. The molecule has 2 aliphatic heterocycles. The maximum atomic E-state index is 13.4. The Morgan fingerprint density at radius 1 is 0.909 bits per heavy atom. The van der Waals surface area contributed by atoms with E-state index in [9.17, 15) is 9.59 Å². The predicted molar refractivity (Wildman–Crippen MR) is 174 cm³/mol. The lowest BCUT2D eigenvalue weighted by atomic mass is 10.0. The number of urea groups is 1. The van der Waals surface area contributed by atoms with E-state index >= 15 is 0 Å². The fourth-order valence-corrected chi connectivity index (χ4v) is 5.94. The molecule has 10 heteroatoms. The van der Waals surface area contributed by atoms with Gasteiger partial charge in [0.2, 0.25) is 5.91 Å². The zero-order valence-electron chi connectivity index (χ0n) is 25.4.